The molecule has 0 aliphatic heterocycles. The van der Waals surface area contributed by atoms with Gasteiger partial charge in [0.1, 0.15) is 0 Å². The van der Waals surface area contributed by atoms with Gasteiger partial charge in [0.2, 0.25) is 0 Å². The Kier molecular flexibility index (Phi) is 2.74. The van der Waals surface area contributed by atoms with E-state index >= 15 is 0 Å². The number of nitro groups is 1. The Labute approximate surface area is 96.8 Å². The van der Waals surface area contributed by atoms with Crippen molar-refractivity contribution in [2.24, 2.45) is 0 Å². The summed E-state index contributed by atoms with van der Waals surface area (Å²) in [6, 6.07) is 9.36. The first-order chi connectivity index (χ1) is 8.13. The molecule has 5 heteroatoms. The van der Waals surface area contributed by atoms with E-state index in [2.05, 4.69) is 4.74 Å². The molecular weight excluding hydrogens is 222 g/mol. The van der Waals surface area contributed by atoms with Gasteiger partial charge < -0.3 is 4.74 Å². The molecule has 0 aromatic heterocycles. The van der Waals surface area contributed by atoms with Gasteiger partial charge in [-0.2, -0.15) is 0 Å². The number of esters is 1. The van der Waals surface area contributed by atoms with E-state index in [1.165, 1.54) is 19.2 Å². The van der Waals surface area contributed by atoms with E-state index in [1.54, 1.807) is 24.3 Å². The van der Waals surface area contributed by atoms with Crippen molar-refractivity contribution in [3.8, 4) is 0 Å². The fourth-order valence-electron chi connectivity index (χ4n) is 1.67. The quantitative estimate of drug-likeness (QED) is 0.452. The molecule has 0 aliphatic rings. The normalized spacial score (nSPS) is 10.2. The molecule has 2 aromatic rings. The smallest absolute Gasteiger partial charge is 0.338 e. The van der Waals surface area contributed by atoms with Crippen LogP contribution in [0.3, 0.4) is 0 Å². The van der Waals surface area contributed by atoms with E-state index in [-0.39, 0.29) is 5.69 Å². The molecule has 0 bridgehead atoms. The summed E-state index contributed by atoms with van der Waals surface area (Å²) in [7, 11) is 1.30. The lowest BCUT2D eigenvalue weighted by Crippen LogP contribution is -2.01. The van der Waals surface area contributed by atoms with Gasteiger partial charge in [-0.3, -0.25) is 10.1 Å². The van der Waals surface area contributed by atoms with Crippen molar-refractivity contribution in [3.05, 3.63) is 52.1 Å². The Morgan fingerprint density at radius 1 is 1.29 bits per heavy atom. The van der Waals surface area contributed by atoms with Crippen molar-refractivity contribution in [1.82, 2.24) is 0 Å². The number of benzene rings is 2. The summed E-state index contributed by atoms with van der Waals surface area (Å²) in [5.74, 6) is -0.454. The molecule has 0 spiro atoms. The molecule has 2 rings (SSSR count). The van der Waals surface area contributed by atoms with Gasteiger partial charge in [-0.25, -0.2) is 4.79 Å². The van der Waals surface area contributed by atoms with E-state index in [0.29, 0.717) is 16.3 Å². The fraction of sp³-hybridized carbons (Fsp3) is 0.0833. The van der Waals surface area contributed by atoms with Crippen molar-refractivity contribution in [2.45, 2.75) is 0 Å². The largest absolute Gasteiger partial charge is 0.465 e. The number of rotatable bonds is 2. The summed E-state index contributed by atoms with van der Waals surface area (Å²) in [4.78, 5) is 21.7. The number of hydrogen-bond donors (Lipinski definition) is 0. The topological polar surface area (TPSA) is 69.4 Å². The predicted octanol–water partition coefficient (Wildman–Crippen LogP) is 2.53. The van der Waals surface area contributed by atoms with Crippen LogP contribution in [0, 0.1) is 10.1 Å². The van der Waals surface area contributed by atoms with Crippen LogP contribution in [0.15, 0.2) is 36.4 Å². The summed E-state index contributed by atoms with van der Waals surface area (Å²) in [6.07, 6.45) is 0. The molecule has 0 amide bonds. The van der Waals surface area contributed by atoms with Gasteiger partial charge in [-0.15, -0.1) is 0 Å². The van der Waals surface area contributed by atoms with Crippen LogP contribution in [0.4, 0.5) is 5.69 Å². The summed E-state index contributed by atoms with van der Waals surface area (Å²) >= 11 is 0. The number of carbonyl (C=O) groups excluding carboxylic acids is 1. The molecule has 0 unspecified atom stereocenters. The highest BCUT2D eigenvalue weighted by Crippen LogP contribution is 2.24. The van der Waals surface area contributed by atoms with Crippen LogP contribution in [0.5, 0.6) is 0 Å². The Morgan fingerprint density at radius 2 is 2.06 bits per heavy atom. The molecule has 0 saturated carbocycles. The van der Waals surface area contributed by atoms with Crippen LogP contribution < -0.4 is 0 Å². The van der Waals surface area contributed by atoms with E-state index in [0.717, 1.165) is 0 Å². The summed E-state index contributed by atoms with van der Waals surface area (Å²) in [5, 5.41) is 11.9. The zero-order chi connectivity index (χ0) is 12.4. The van der Waals surface area contributed by atoms with Crippen LogP contribution in [0.25, 0.3) is 10.8 Å². The van der Waals surface area contributed by atoms with Crippen LogP contribution >= 0.6 is 0 Å². The lowest BCUT2D eigenvalue weighted by Gasteiger charge is -2.04. The number of carbonyl (C=O) groups is 1. The van der Waals surface area contributed by atoms with Gasteiger partial charge in [0.05, 0.1) is 17.6 Å². The summed E-state index contributed by atoms with van der Waals surface area (Å²) < 4.78 is 4.65. The van der Waals surface area contributed by atoms with Gasteiger partial charge in [-0.05, 0) is 22.9 Å². The minimum Gasteiger partial charge on any atom is -0.465 e. The zero-order valence-corrected chi connectivity index (χ0v) is 9.04. The van der Waals surface area contributed by atoms with Crippen molar-refractivity contribution in [3.63, 3.8) is 0 Å². The van der Waals surface area contributed by atoms with Crippen LogP contribution in [0.1, 0.15) is 10.4 Å². The summed E-state index contributed by atoms with van der Waals surface area (Å²) in [5.41, 5.74) is 0.402. The molecule has 0 saturated heterocycles. The SMILES string of the molecule is COC(=O)c1cccc2cc([N+](=O)[O-])ccc12. The number of ether oxygens (including phenoxy) is 1. The molecule has 0 radical (unpaired) electrons. The highest BCUT2D eigenvalue weighted by molar-refractivity contribution is 6.04. The average molecular weight is 231 g/mol. The molecule has 0 atom stereocenters. The Morgan fingerprint density at radius 3 is 2.71 bits per heavy atom. The maximum atomic E-state index is 11.5. The molecule has 0 heterocycles. The maximum Gasteiger partial charge on any atom is 0.338 e. The molecule has 0 aliphatic carbocycles. The first kappa shape index (κ1) is 11.1. The lowest BCUT2D eigenvalue weighted by molar-refractivity contribution is -0.384. The molecule has 0 N–H and O–H groups in total. The molecule has 86 valence electrons. The summed E-state index contributed by atoms with van der Waals surface area (Å²) in [6.45, 7) is 0. The first-order valence-electron chi connectivity index (χ1n) is 4.89. The molecule has 5 nitrogen and oxygen atoms in total. The van der Waals surface area contributed by atoms with E-state index in [9.17, 15) is 14.9 Å². The van der Waals surface area contributed by atoms with Gasteiger partial charge >= 0.3 is 5.97 Å². The third kappa shape index (κ3) is 1.94. The standard InChI is InChI=1S/C12H9NO4/c1-17-12(14)11-4-2-3-8-7-9(13(15)16)5-6-10(8)11/h2-7H,1H3. The van der Waals surface area contributed by atoms with Gasteiger partial charge in [0.15, 0.2) is 0 Å². The zero-order valence-electron chi connectivity index (χ0n) is 9.04. The number of methoxy groups -OCH3 is 1. The Bertz CT molecular complexity index is 606. The monoisotopic (exact) mass is 231 g/mol. The van der Waals surface area contributed by atoms with Gasteiger partial charge in [0, 0.05) is 12.1 Å². The lowest BCUT2D eigenvalue weighted by atomic mass is 10.0. The number of fused-ring (bicyclic) bond motifs is 1. The van der Waals surface area contributed by atoms with Crippen molar-refractivity contribution >= 4 is 22.4 Å². The molecule has 0 fully saturated rings. The molecular formula is C12H9NO4. The maximum absolute atomic E-state index is 11.5. The van der Waals surface area contributed by atoms with Crippen molar-refractivity contribution < 1.29 is 14.5 Å². The first-order valence-corrected chi connectivity index (χ1v) is 4.89. The van der Waals surface area contributed by atoms with Gasteiger partial charge in [-0.1, -0.05) is 12.1 Å². The van der Waals surface area contributed by atoms with Crippen molar-refractivity contribution in [1.29, 1.82) is 0 Å². The van der Waals surface area contributed by atoms with E-state index in [4.69, 9.17) is 0 Å². The minimum atomic E-state index is -0.468. The molecule has 17 heavy (non-hydrogen) atoms. The Hall–Kier alpha value is -2.43. The fourth-order valence-corrected chi connectivity index (χ4v) is 1.67. The second kappa shape index (κ2) is 4.21. The second-order valence-corrected chi connectivity index (χ2v) is 3.46. The Balaban J connectivity index is 2.67. The second-order valence-electron chi connectivity index (χ2n) is 3.46. The van der Waals surface area contributed by atoms with E-state index < -0.39 is 10.9 Å². The number of nitrogens with zero attached hydrogens (tertiary/aromatic N) is 1. The minimum absolute atomic E-state index is 0.000448. The predicted molar refractivity (Wildman–Crippen MR) is 61.9 cm³/mol. The molecule has 2 aromatic carbocycles. The van der Waals surface area contributed by atoms with Gasteiger partial charge in [0.25, 0.3) is 5.69 Å². The number of hydrogen-bond acceptors (Lipinski definition) is 4. The van der Waals surface area contributed by atoms with Crippen LogP contribution in [0.2, 0.25) is 0 Å². The average Bonchev–Trinajstić information content (AvgIpc) is 2.36. The van der Waals surface area contributed by atoms with Crippen LogP contribution in [-0.2, 0) is 4.74 Å². The number of non-ortho nitro benzene ring substituents is 1. The van der Waals surface area contributed by atoms with Crippen molar-refractivity contribution in [2.75, 3.05) is 7.11 Å². The van der Waals surface area contributed by atoms with E-state index in [1.807, 2.05) is 0 Å². The van der Waals surface area contributed by atoms with Crippen LogP contribution in [-0.4, -0.2) is 18.0 Å². The third-order valence-corrected chi connectivity index (χ3v) is 2.48. The third-order valence-electron chi connectivity index (χ3n) is 2.48. The highest BCUT2D eigenvalue weighted by atomic mass is 16.6. The number of nitro benzene ring substituents is 1. The highest BCUT2D eigenvalue weighted by Gasteiger charge is 2.12.